The molecule has 1 saturated heterocycles. The van der Waals surface area contributed by atoms with E-state index in [-0.39, 0.29) is 28.9 Å². The molecule has 2 aromatic carbocycles. The molecule has 2 N–H and O–H groups in total. The minimum Gasteiger partial charge on any atom is -0.452 e. The summed E-state index contributed by atoms with van der Waals surface area (Å²) in [6, 6.07) is 12.9. The number of nitrogens with one attached hydrogen (secondary N) is 2. The van der Waals surface area contributed by atoms with Crippen molar-refractivity contribution in [1.29, 1.82) is 5.26 Å². The lowest BCUT2D eigenvalue weighted by Crippen LogP contribution is -2.27. The van der Waals surface area contributed by atoms with Gasteiger partial charge in [0.25, 0.3) is 0 Å². The van der Waals surface area contributed by atoms with E-state index in [2.05, 4.69) is 21.4 Å². The maximum atomic E-state index is 15.0. The molecule has 1 aliphatic heterocycles. The second-order valence-corrected chi connectivity index (χ2v) is 7.82. The van der Waals surface area contributed by atoms with Crippen LogP contribution >= 0.6 is 0 Å². The van der Waals surface area contributed by atoms with E-state index in [1.807, 2.05) is 0 Å². The fraction of sp³-hybridized carbons (Fsp3) is 0.200. The van der Waals surface area contributed by atoms with Crippen LogP contribution in [-0.2, 0) is 4.74 Å². The second-order valence-electron chi connectivity index (χ2n) is 7.82. The zero-order chi connectivity index (χ0) is 22.8. The van der Waals surface area contributed by atoms with E-state index in [0.717, 1.165) is 12.8 Å². The number of nitrogens with zero attached hydrogens (tertiary/aromatic N) is 2. The highest BCUT2D eigenvalue weighted by Crippen LogP contribution is 2.39. The number of nitriles is 1. The molecule has 3 heterocycles. The summed E-state index contributed by atoms with van der Waals surface area (Å²) in [6.45, 7) is 1.37. The highest BCUT2D eigenvalue weighted by molar-refractivity contribution is 5.99. The minimum atomic E-state index is -0.556. The quantitative estimate of drug-likeness (QED) is 0.407. The van der Waals surface area contributed by atoms with Gasteiger partial charge in [-0.25, -0.2) is 13.8 Å². The first-order valence-corrected chi connectivity index (χ1v) is 10.6. The van der Waals surface area contributed by atoms with Crippen LogP contribution in [-0.4, -0.2) is 29.2 Å². The van der Waals surface area contributed by atoms with Gasteiger partial charge in [0.2, 0.25) is 0 Å². The van der Waals surface area contributed by atoms with Gasteiger partial charge in [0.1, 0.15) is 23.1 Å². The Labute approximate surface area is 188 Å². The van der Waals surface area contributed by atoms with Crippen molar-refractivity contribution in [2.45, 2.75) is 18.9 Å². The van der Waals surface area contributed by atoms with Crippen molar-refractivity contribution in [3.63, 3.8) is 0 Å². The van der Waals surface area contributed by atoms with Gasteiger partial charge in [-0.2, -0.15) is 5.26 Å². The van der Waals surface area contributed by atoms with Crippen molar-refractivity contribution < 1.29 is 18.3 Å². The molecule has 4 aromatic rings. The van der Waals surface area contributed by atoms with Gasteiger partial charge in [0.15, 0.2) is 17.3 Å². The average Bonchev–Trinajstić information content (AvgIpc) is 3.26. The van der Waals surface area contributed by atoms with Crippen LogP contribution in [0.2, 0.25) is 0 Å². The normalized spacial score (nSPS) is 14.2. The number of hydrogen-bond acceptors (Lipinski definition) is 5. The van der Waals surface area contributed by atoms with E-state index < -0.39 is 5.82 Å². The number of benzene rings is 2. The minimum absolute atomic E-state index is 0.0113. The van der Waals surface area contributed by atoms with Crippen LogP contribution in [0, 0.1) is 23.0 Å². The number of fused-ring (bicyclic) bond motifs is 1. The summed E-state index contributed by atoms with van der Waals surface area (Å²) in [5.41, 5.74) is 2.67. The number of H-pyrrole nitrogens is 1. The molecular formula is C25H20F2N4O2. The molecule has 0 amide bonds. The summed E-state index contributed by atoms with van der Waals surface area (Å²) in [5.74, 6) is -0.739. The highest BCUT2D eigenvalue weighted by Gasteiger charge is 2.20. The third kappa shape index (κ3) is 4.23. The molecule has 166 valence electrons. The number of pyridine rings is 1. The lowest BCUT2D eigenvalue weighted by atomic mass is 10.0. The van der Waals surface area contributed by atoms with Crippen molar-refractivity contribution in [2.75, 3.05) is 18.5 Å². The predicted octanol–water partition coefficient (Wildman–Crippen LogP) is 5.76. The third-order valence-corrected chi connectivity index (χ3v) is 5.67. The van der Waals surface area contributed by atoms with E-state index in [9.17, 15) is 14.0 Å². The Kier molecular flexibility index (Phi) is 5.63. The van der Waals surface area contributed by atoms with Crippen molar-refractivity contribution in [3.8, 4) is 28.7 Å². The van der Waals surface area contributed by atoms with Crippen LogP contribution in [0.1, 0.15) is 18.4 Å². The predicted molar refractivity (Wildman–Crippen MR) is 120 cm³/mol. The molecule has 0 radical (unpaired) electrons. The monoisotopic (exact) mass is 446 g/mol. The van der Waals surface area contributed by atoms with Gasteiger partial charge in [-0.1, -0.05) is 12.1 Å². The van der Waals surface area contributed by atoms with Gasteiger partial charge in [-0.15, -0.1) is 0 Å². The summed E-state index contributed by atoms with van der Waals surface area (Å²) < 4.78 is 39.7. The van der Waals surface area contributed by atoms with Gasteiger partial charge in [-0.05, 0) is 42.7 Å². The molecular weight excluding hydrogens is 426 g/mol. The van der Waals surface area contributed by atoms with Gasteiger partial charge in [0, 0.05) is 42.8 Å². The summed E-state index contributed by atoms with van der Waals surface area (Å²) in [7, 11) is 0. The summed E-state index contributed by atoms with van der Waals surface area (Å²) in [6.07, 6.45) is 4.80. The molecule has 33 heavy (non-hydrogen) atoms. The van der Waals surface area contributed by atoms with Crippen molar-refractivity contribution in [1.82, 2.24) is 9.97 Å². The summed E-state index contributed by atoms with van der Waals surface area (Å²) >= 11 is 0. The molecule has 8 heteroatoms. The largest absolute Gasteiger partial charge is 0.452 e. The van der Waals surface area contributed by atoms with E-state index in [0.29, 0.717) is 41.1 Å². The number of aromatic nitrogens is 2. The Balaban J connectivity index is 1.51. The Hall–Kier alpha value is -3.96. The molecule has 1 aliphatic rings. The molecule has 2 aromatic heterocycles. The molecule has 0 bridgehead atoms. The van der Waals surface area contributed by atoms with Gasteiger partial charge >= 0.3 is 0 Å². The Morgan fingerprint density at radius 1 is 1.12 bits per heavy atom. The Morgan fingerprint density at radius 3 is 2.64 bits per heavy atom. The van der Waals surface area contributed by atoms with E-state index in [1.165, 1.54) is 30.5 Å². The topological polar surface area (TPSA) is 83.0 Å². The zero-order valence-corrected chi connectivity index (χ0v) is 17.6. The Bertz CT molecular complexity index is 1340. The number of rotatable bonds is 5. The van der Waals surface area contributed by atoms with E-state index >= 15 is 0 Å². The Morgan fingerprint density at radius 2 is 1.91 bits per heavy atom. The molecule has 1 fully saturated rings. The van der Waals surface area contributed by atoms with Gasteiger partial charge in [-0.3, -0.25) is 0 Å². The van der Waals surface area contributed by atoms with Crippen molar-refractivity contribution >= 4 is 16.7 Å². The first-order chi connectivity index (χ1) is 16.1. The average molecular weight is 446 g/mol. The molecule has 5 rings (SSSR count). The molecule has 0 saturated carbocycles. The van der Waals surface area contributed by atoms with Crippen LogP contribution < -0.4 is 10.1 Å². The molecule has 0 unspecified atom stereocenters. The van der Waals surface area contributed by atoms with Crippen LogP contribution in [0.25, 0.3) is 22.2 Å². The van der Waals surface area contributed by atoms with Crippen LogP contribution in [0.15, 0.2) is 54.9 Å². The number of anilines is 1. The van der Waals surface area contributed by atoms with Gasteiger partial charge in [0.05, 0.1) is 11.6 Å². The van der Waals surface area contributed by atoms with E-state index in [1.54, 1.807) is 24.4 Å². The zero-order valence-electron chi connectivity index (χ0n) is 17.6. The molecule has 0 atom stereocenters. The summed E-state index contributed by atoms with van der Waals surface area (Å²) in [4.78, 5) is 7.31. The third-order valence-electron chi connectivity index (χ3n) is 5.67. The van der Waals surface area contributed by atoms with Crippen LogP contribution in [0.4, 0.5) is 14.5 Å². The molecule has 0 spiro atoms. The number of halogens is 2. The van der Waals surface area contributed by atoms with E-state index in [4.69, 9.17) is 9.47 Å². The van der Waals surface area contributed by atoms with Crippen LogP contribution in [0.3, 0.4) is 0 Å². The van der Waals surface area contributed by atoms with Crippen molar-refractivity contribution in [3.05, 3.63) is 72.1 Å². The number of hydrogen-bond donors (Lipinski definition) is 2. The standard InChI is InChI=1S/C25H20F2N4O2/c26-17-3-1-15(2-4-17)20-14-30-25-23(20)24(16(12-28)13-29-25)33-22-6-5-19(11-21(22)27)31-18-7-9-32-10-8-18/h1-6,11,13-14,18,31H,7-10H2,(H,29,30). The maximum Gasteiger partial charge on any atom is 0.167 e. The molecule has 6 nitrogen and oxygen atoms in total. The fourth-order valence-corrected chi connectivity index (χ4v) is 3.97. The van der Waals surface area contributed by atoms with Crippen LogP contribution in [0.5, 0.6) is 11.5 Å². The highest BCUT2D eigenvalue weighted by atomic mass is 19.1. The van der Waals surface area contributed by atoms with Gasteiger partial charge < -0.3 is 19.8 Å². The molecule has 0 aliphatic carbocycles. The number of ether oxygens (including phenoxy) is 2. The maximum absolute atomic E-state index is 15.0. The fourth-order valence-electron chi connectivity index (χ4n) is 3.97. The lowest BCUT2D eigenvalue weighted by molar-refractivity contribution is 0.0904. The first kappa shape index (κ1) is 20.9. The summed E-state index contributed by atoms with van der Waals surface area (Å²) in [5, 5.41) is 13.5. The SMILES string of the molecule is N#Cc1cnc2[nH]cc(-c3ccc(F)cc3)c2c1Oc1ccc(NC2CCOCC2)cc1F. The van der Waals surface area contributed by atoms with Crippen molar-refractivity contribution in [2.24, 2.45) is 0 Å². The second kappa shape index (κ2) is 8.88. The smallest absolute Gasteiger partial charge is 0.167 e. The first-order valence-electron chi connectivity index (χ1n) is 10.6. The lowest BCUT2D eigenvalue weighted by Gasteiger charge is -2.24. The number of aromatic amines is 1.